The van der Waals surface area contributed by atoms with Gasteiger partial charge in [0.15, 0.2) is 5.82 Å². The van der Waals surface area contributed by atoms with Gasteiger partial charge in [0, 0.05) is 30.5 Å². The topological polar surface area (TPSA) is 55.6 Å². The summed E-state index contributed by atoms with van der Waals surface area (Å²) in [7, 11) is 0. The highest BCUT2D eigenvalue weighted by atomic mass is 15.3. The lowest BCUT2D eigenvalue weighted by atomic mass is 10.1. The SMILES string of the molecule is CCCNc1nc(-c2cnn(CCC)c2)nc(C)c1CC. The summed E-state index contributed by atoms with van der Waals surface area (Å²) in [4.78, 5) is 9.36. The molecule has 0 aliphatic carbocycles. The summed E-state index contributed by atoms with van der Waals surface area (Å²) in [5, 5.41) is 7.78. The van der Waals surface area contributed by atoms with E-state index in [0.717, 1.165) is 55.3 Å². The number of nitrogens with zero attached hydrogens (tertiary/aromatic N) is 4. The summed E-state index contributed by atoms with van der Waals surface area (Å²) in [6.07, 6.45) is 6.95. The maximum Gasteiger partial charge on any atom is 0.164 e. The Morgan fingerprint density at radius 1 is 1.14 bits per heavy atom. The first-order chi connectivity index (χ1) is 10.2. The minimum absolute atomic E-state index is 0.755. The van der Waals surface area contributed by atoms with Gasteiger partial charge in [0.25, 0.3) is 0 Å². The highest BCUT2D eigenvalue weighted by Crippen LogP contribution is 2.22. The molecule has 21 heavy (non-hydrogen) atoms. The third kappa shape index (κ3) is 3.60. The molecule has 0 aliphatic heterocycles. The van der Waals surface area contributed by atoms with Gasteiger partial charge in [0.2, 0.25) is 0 Å². The minimum atomic E-state index is 0.755. The fourth-order valence-electron chi connectivity index (χ4n) is 2.37. The van der Waals surface area contributed by atoms with Crippen LogP contribution in [0.2, 0.25) is 0 Å². The van der Waals surface area contributed by atoms with E-state index in [9.17, 15) is 0 Å². The third-order valence-corrected chi connectivity index (χ3v) is 3.45. The van der Waals surface area contributed by atoms with Gasteiger partial charge < -0.3 is 5.32 Å². The van der Waals surface area contributed by atoms with Gasteiger partial charge in [0.05, 0.1) is 11.8 Å². The van der Waals surface area contributed by atoms with E-state index in [1.165, 1.54) is 5.56 Å². The van der Waals surface area contributed by atoms with Crippen LogP contribution >= 0.6 is 0 Å². The van der Waals surface area contributed by atoms with Gasteiger partial charge in [-0.3, -0.25) is 4.68 Å². The Hall–Kier alpha value is -1.91. The van der Waals surface area contributed by atoms with Gasteiger partial charge in [-0.05, 0) is 26.2 Å². The molecule has 0 saturated heterocycles. The smallest absolute Gasteiger partial charge is 0.164 e. The second-order valence-electron chi connectivity index (χ2n) is 5.23. The van der Waals surface area contributed by atoms with E-state index in [0.29, 0.717) is 0 Å². The van der Waals surface area contributed by atoms with Crippen LogP contribution in [-0.2, 0) is 13.0 Å². The maximum atomic E-state index is 4.71. The Bertz CT molecular complexity index is 588. The second-order valence-corrected chi connectivity index (χ2v) is 5.23. The van der Waals surface area contributed by atoms with Gasteiger partial charge in [-0.2, -0.15) is 5.10 Å². The van der Waals surface area contributed by atoms with Crippen molar-refractivity contribution < 1.29 is 0 Å². The Balaban J connectivity index is 2.36. The quantitative estimate of drug-likeness (QED) is 0.847. The summed E-state index contributed by atoms with van der Waals surface area (Å²) in [6.45, 7) is 10.3. The van der Waals surface area contributed by atoms with Crippen molar-refractivity contribution in [1.82, 2.24) is 19.7 Å². The highest BCUT2D eigenvalue weighted by molar-refractivity contribution is 5.58. The molecule has 2 aromatic rings. The van der Waals surface area contributed by atoms with E-state index in [1.807, 2.05) is 17.1 Å². The zero-order valence-electron chi connectivity index (χ0n) is 13.5. The largest absolute Gasteiger partial charge is 0.370 e. The summed E-state index contributed by atoms with van der Waals surface area (Å²) < 4.78 is 1.95. The van der Waals surface area contributed by atoms with Crippen LogP contribution in [0.25, 0.3) is 11.4 Å². The Labute approximate surface area is 126 Å². The summed E-state index contributed by atoms with van der Waals surface area (Å²) >= 11 is 0. The van der Waals surface area contributed by atoms with Crippen LogP contribution in [0.5, 0.6) is 0 Å². The maximum absolute atomic E-state index is 4.71. The molecule has 0 bridgehead atoms. The normalized spacial score (nSPS) is 10.9. The molecule has 0 spiro atoms. The van der Waals surface area contributed by atoms with Crippen LogP contribution in [0.1, 0.15) is 44.9 Å². The number of nitrogens with one attached hydrogen (secondary N) is 1. The number of anilines is 1. The average Bonchev–Trinajstić information content (AvgIpc) is 2.93. The first-order valence-electron chi connectivity index (χ1n) is 7.83. The second kappa shape index (κ2) is 7.20. The molecule has 0 aromatic carbocycles. The molecular weight excluding hydrogens is 262 g/mol. The van der Waals surface area contributed by atoms with Crippen LogP contribution in [0, 0.1) is 6.92 Å². The van der Waals surface area contributed by atoms with Crippen molar-refractivity contribution in [3.8, 4) is 11.4 Å². The van der Waals surface area contributed by atoms with Crippen molar-refractivity contribution in [2.75, 3.05) is 11.9 Å². The number of hydrogen-bond acceptors (Lipinski definition) is 4. The molecule has 1 N–H and O–H groups in total. The van der Waals surface area contributed by atoms with E-state index < -0.39 is 0 Å². The van der Waals surface area contributed by atoms with Gasteiger partial charge in [-0.25, -0.2) is 9.97 Å². The van der Waals surface area contributed by atoms with Gasteiger partial charge in [0.1, 0.15) is 5.82 Å². The lowest BCUT2D eigenvalue weighted by Crippen LogP contribution is -2.09. The third-order valence-electron chi connectivity index (χ3n) is 3.45. The van der Waals surface area contributed by atoms with E-state index >= 15 is 0 Å². The summed E-state index contributed by atoms with van der Waals surface area (Å²) in [6, 6.07) is 0. The minimum Gasteiger partial charge on any atom is -0.370 e. The van der Waals surface area contributed by atoms with Crippen molar-refractivity contribution in [2.45, 2.75) is 53.5 Å². The Morgan fingerprint density at radius 2 is 1.95 bits per heavy atom. The molecule has 0 radical (unpaired) electrons. The van der Waals surface area contributed by atoms with Crippen LogP contribution in [-0.4, -0.2) is 26.3 Å². The van der Waals surface area contributed by atoms with Crippen molar-refractivity contribution in [1.29, 1.82) is 0 Å². The van der Waals surface area contributed by atoms with Crippen LogP contribution in [0.3, 0.4) is 0 Å². The molecule has 0 amide bonds. The molecule has 2 aromatic heterocycles. The van der Waals surface area contributed by atoms with Crippen LogP contribution in [0.15, 0.2) is 12.4 Å². The number of aromatic nitrogens is 4. The fourth-order valence-corrected chi connectivity index (χ4v) is 2.37. The van der Waals surface area contributed by atoms with E-state index in [1.54, 1.807) is 0 Å². The summed E-state index contributed by atoms with van der Waals surface area (Å²) in [5.74, 6) is 1.72. The number of rotatable bonds is 7. The molecular formula is C16H25N5. The van der Waals surface area contributed by atoms with Gasteiger partial charge >= 0.3 is 0 Å². The molecule has 0 unspecified atom stereocenters. The average molecular weight is 287 g/mol. The van der Waals surface area contributed by atoms with Crippen LogP contribution in [0.4, 0.5) is 5.82 Å². The van der Waals surface area contributed by atoms with Crippen molar-refractivity contribution in [2.24, 2.45) is 0 Å². The summed E-state index contributed by atoms with van der Waals surface area (Å²) in [5.41, 5.74) is 3.23. The molecule has 0 saturated carbocycles. The lowest BCUT2D eigenvalue weighted by molar-refractivity contribution is 0.603. The van der Waals surface area contributed by atoms with Crippen molar-refractivity contribution in [3.63, 3.8) is 0 Å². The Morgan fingerprint density at radius 3 is 2.62 bits per heavy atom. The van der Waals surface area contributed by atoms with Gasteiger partial charge in [-0.1, -0.05) is 20.8 Å². The molecule has 114 valence electrons. The first-order valence-corrected chi connectivity index (χ1v) is 7.83. The molecule has 2 heterocycles. The monoisotopic (exact) mass is 287 g/mol. The predicted molar refractivity (Wildman–Crippen MR) is 86.4 cm³/mol. The molecule has 5 heteroatoms. The molecule has 0 aliphatic rings. The van der Waals surface area contributed by atoms with Crippen molar-refractivity contribution in [3.05, 3.63) is 23.7 Å². The van der Waals surface area contributed by atoms with E-state index in [-0.39, 0.29) is 0 Å². The highest BCUT2D eigenvalue weighted by Gasteiger charge is 2.12. The standard InChI is InChI=1S/C16H25N5/c1-5-8-17-16-14(7-3)12(4)19-15(20-16)13-10-18-21(11-13)9-6-2/h10-11H,5-9H2,1-4H3,(H,17,19,20). The number of aryl methyl sites for hydroxylation is 2. The zero-order chi connectivity index (χ0) is 15.2. The van der Waals surface area contributed by atoms with Gasteiger partial charge in [-0.15, -0.1) is 0 Å². The molecule has 2 rings (SSSR count). The lowest BCUT2D eigenvalue weighted by Gasteiger charge is -2.12. The predicted octanol–water partition coefficient (Wildman–Crippen LogP) is 3.44. The molecule has 5 nitrogen and oxygen atoms in total. The molecule has 0 atom stereocenters. The Kier molecular flexibility index (Phi) is 5.31. The van der Waals surface area contributed by atoms with E-state index in [4.69, 9.17) is 4.98 Å². The zero-order valence-corrected chi connectivity index (χ0v) is 13.5. The molecule has 0 fully saturated rings. The first kappa shape index (κ1) is 15.5. The number of hydrogen-bond donors (Lipinski definition) is 1. The fraction of sp³-hybridized carbons (Fsp3) is 0.562. The van der Waals surface area contributed by atoms with Crippen LogP contribution < -0.4 is 5.32 Å². The van der Waals surface area contributed by atoms with E-state index in [2.05, 4.69) is 43.1 Å². The van der Waals surface area contributed by atoms with Crippen molar-refractivity contribution >= 4 is 5.82 Å².